The van der Waals surface area contributed by atoms with Crippen molar-refractivity contribution in [2.75, 3.05) is 0 Å². The van der Waals surface area contributed by atoms with Crippen molar-refractivity contribution in [3.63, 3.8) is 0 Å². The molecule has 0 saturated heterocycles. The highest BCUT2D eigenvalue weighted by Gasteiger charge is 2.31. The summed E-state index contributed by atoms with van der Waals surface area (Å²) < 4.78 is 51.6. The highest BCUT2D eigenvalue weighted by molar-refractivity contribution is 5.86. The zero-order valence-electron chi connectivity index (χ0n) is 19.6. The van der Waals surface area contributed by atoms with Crippen LogP contribution in [0, 0.1) is 10.1 Å². The number of aromatic nitrogens is 5. The van der Waals surface area contributed by atoms with E-state index in [1.54, 1.807) is 30.3 Å². The van der Waals surface area contributed by atoms with Crippen molar-refractivity contribution in [1.29, 1.82) is 0 Å². The number of rotatable bonds is 7. The van der Waals surface area contributed by atoms with E-state index in [-0.39, 0.29) is 29.0 Å². The number of halogens is 3. The second kappa shape index (κ2) is 10.2. The number of nitro benzene ring substituents is 1. The number of esters is 1. The zero-order chi connectivity index (χ0) is 27.6. The summed E-state index contributed by atoms with van der Waals surface area (Å²) >= 11 is 0. The van der Waals surface area contributed by atoms with Crippen LogP contribution in [0.4, 0.5) is 18.9 Å². The summed E-state index contributed by atoms with van der Waals surface area (Å²) in [5.41, 5.74) is -0.0381. The normalized spacial score (nSPS) is 11.4. The summed E-state index contributed by atoms with van der Waals surface area (Å²) in [6.07, 6.45) is -4.58. The van der Waals surface area contributed by atoms with Crippen LogP contribution in [0.25, 0.3) is 28.5 Å². The molecule has 2 heterocycles. The summed E-state index contributed by atoms with van der Waals surface area (Å²) in [7, 11) is 0. The lowest BCUT2D eigenvalue weighted by molar-refractivity contribution is -0.384. The van der Waals surface area contributed by atoms with Gasteiger partial charge in [-0.2, -0.15) is 13.2 Å². The van der Waals surface area contributed by atoms with Crippen molar-refractivity contribution in [3.8, 4) is 28.5 Å². The Kier molecular flexibility index (Phi) is 6.58. The largest absolute Gasteiger partial charge is 0.450 e. The predicted octanol–water partition coefficient (Wildman–Crippen LogP) is 5.27. The molecule has 0 spiro atoms. The first-order chi connectivity index (χ1) is 18.7. The molecule has 0 aliphatic carbocycles. The van der Waals surface area contributed by atoms with E-state index in [0.29, 0.717) is 11.1 Å². The van der Waals surface area contributed by atoms with Crippen LogP contribution in [0.15, 0.2) is 83.3 Å². The number of alkyl halides is 3. The summed E-state index contributed by atoms with van der Waals surface area (Å²) in [5.74, 6) is -1.28. The number of ether oxygens (including phenoxy) is 1. The molecule has 0 atom stereocenters. The van der Waals surface area contributed by atoms with Crippen molar-refractivity contribution >= 4 is 11.7 Å². The average molecular weight is 536 g/mol. The lowest BCUT2D eigenvalue weighted by atomic mass is 10.2. The van der Waals surface area contributed by atoms with Gasteiger partial charge in [0.2, 0.25) is 5.89 Å². The summed E-state index contributed by atoms with van der Waals surface area (Å²) in [4.78, 5) is 27.2. The van der Waals surface area contributed by atoms with Gasteiger partial charge in [0, 0.05) is 23.3 Å². The topological polar surface area (TPSA) is 139 Å². The maximum atomic E-state index is 13.3. The molecule has 11 nitrogen and oxygen atoms in total. The first-order valence-electron chi connectivity index (χ1n) is 11.1. The van der Waals surface area contributed by atoms with Gasteiger partial charge in [0.05, 0.1) is 16.2 Å². The minimum atomic E-state index is -4.58. The van der Waals surface area contributed by atoms with Gasteiger partial charge >= 0.3 is 12.1 Å². The van der Waals surface area contributed by atoms with Gasteiger partial charge in [0.15, 0.2) is 12.4 Å². The summed E-state index contributed by atoms with van der Waals surface area (Å²) in [5, 5.41) is 22.5. The number of non-ortho nitro benzene ring substituents is 1. The lowest BCUT2D eigenvalue weighted by Gasteiger charge is -2.10. The minimum absolute atomic E-state index is 0.0415. The minimum Gasteiger partial charge on any atom is -0.450 e. The second-order valence-electron chi connectivity index (χ2n) is 7.97. The Bertz CT molecular complexity index is 1650. The van der Waals surface area contributed by atoms with Gasteiger partial charge in [-0.15, -0.1) is 15.3 Å². The molecule has 2 aromatic heterocycles. The van der Waals surface area contributed by atoms with Crippen molar-refractivity contribution in [2.24, 2.45) is 0 Å². The van der Waals surface area contributed by atoms with Gasteiger partial charge in [-0.1, -0.05) is 36.4 Å². The molecular formula is C25H15F3N6O5. The summed E-state index contributed by atoms with van der Waals surface area (Å²) in [6, 6.07) is 18.4. The number of carbonyl (C=O) groups is 1. The van der Waals surface area contributed by atoms with Gasteiger partial charge in [0.1, 0.15) is 0 Å². The van der Waals surface area contributed by atoms with Gasteiger partial charge in [-0.25, -0.2) is 14.5 Å². The molecule has 3 aromatic carbocycles. The third-order valence-electron chi connectivity index (χ3n) is 5.36. The number of benzene rings is 3. The summed E-state index contributed by atoms with van der Waals surface area (Å²) in [6.45, 7) is -0.447. The highest BCUT2D eigenvalue weighted by atomic mass is 19.4. The molecule has 0 aliphatic rings. The fourth-order valence-corrected chi connectivity index (χ4v) is 3.51. The van der Waals surface area contributed by atoms with Gasteiger partial charge in [-0.3, -0.25) is 10.1 Å². The fourth-order valence-electron chi connectivity index (χ4n) is 3.51. The molecule has 0 saturated carbocycles. The van der Waals surface area contributed by atoms with E-state index in [4.69, 9.17) is 9.15 Å². The molecule has 5 aromatic rings. The van der Waals surface area contributed by atoms with E-state index >= 15 is 0 Å². The van der Waals surface area contributed by atoms with Crippen molar-refractivity contribution in [3.05, 3.63) is 106 Å². The molecule has 0 radical (unpaired) electrons. The number of nitrogens with zero attached hydrogens (tertiary/aromatic N) is 6. The lowest BCUT2D eigenvalue weighted by Crippen LogP contribution is -2.09. The van der Waals surface area contributed by atoms with E-state index in [1.807, 2.05) is 0 Å². The van der Waals surface area contributed by atoms with Crippen LogP contribution in [0.1, 0.15) is 22.1 Å². The van der Waals surface area contributed by atoms with E-state index in [1.165, 1.54) is 36.4 Å². The smallest absolute Gasteiger partial charge is 0.416 e. The van der Waals surface area contributed by atoms with Crippen LogP contribution in [0.5, 0.6) is 0 Å². The molecule has 0 amide bonds. The Morgan fingerprint density at radius 3 is 2.41 bits per heavy atom. The number of nitro groups is 1. The quantitative estimate of drug-likeness (QED) is 0.155. The standard InChI is InChI=1S/C25H15F3N6O5/c26-25(27,28)17-7-4-8-19(13-17)33-22(15-5-2-1-3-6-15)29-21(32-33)24(35)38-14-20-30-31-23(39-20)16-9-11-18(12-10-16)34(36)37/h1-13H,14H2. The monoisotopic (exact) mass is 536 g/mol. The third-order valence-corrected chi connectivity index (χ3v) is 5.36. The average Bonchev–Trinajstić information content (AvgIpc) is 3.60. The molecule has 5 rings (SSSR count). The Morgan fingerprint density at radius 2 is 1.72 bits per heavy atom. The number of carbonyl (C=O) groups excluding carboxylic acids is 1. The molecule has 0 fully saturated rings. The maximum Gasteiger partial charge on any atom is 0.416 e. The molecule has 0 aliphatic heterocycles. The van der Waals surface area contributed by atoms with Gasteiger partial charge < -0.3 is 9.15 Å². The Morgan fingerprint density at radius 1 is 0.974 bits per heavy atom. The first kappa shape index (κ1) is 25.3. The Labute approximate surface area is 216 Å². The maximum absolute atomic E-state index is 13.3. The van der Waals surface area contributed by atoms with Crippen LogP contribution < -0.4 is 0 Å². The van der Waals surface area contributed by atoms with Crippen LogP contribution in [-0.2, 0) is 17.5 Å². The second-order valence-corrected chi connectivity index (χ2v) is 7.97. The van der Waals surface area contributed by atoms with Gasteiger partial charge in [0.25, 0.3) is 17.4 Å². The van der Waals surface area contributed by atoms with Crippen LogP contribution in [0.3, 0.4) is 0 Å². The predicted molar refractivity (Wildman–Crippen MR) is 127 cm³/mol. The van der Waals surface area contributed by atoms with Crippen molar-refractivity contribution < 1.29 is 32.0 Å². The molecular weight excluding hydrogens is 521 g/mol. The van der Waals surface area contributed by atoms with Crippen LogP contribution in [0.2, 0.25) is 0 Å². The van der Waals surface area contributed by atoms with E-state index < -0.39 is 35.1 Å². The number of hydrogen-bond acceptors (Lipinski definition) is 9. The van der Waals surface area contributed by atoms with E-state index in [9.17, 15) is 28.1 Å². The SMILES string of the molecule is O=C(OCc1nnc(-c2ccc([N+](=O)[O-])cc2)o1)c1nc(-c2ccccc2)n(-c2cccc(C(F)(F)F)c2)n1. The van der Waals surface area contributed by atoms with Gasteiger partial charge in [-0.05, 0) is 30.3 Å². The number of hydrogen-bond donors (Lipinski definition) is 0. The Hall–Kier alpha value is -5.40. The van der Waals surface area contributed by atoms with Crippen molar-refractivity contribution in [2.45, 2.75) is 12.8 Å². The molecule has 0 unspecified atom stereocenters. The molecule has 14 heteroatoms. The fraction of sp³-hybridized carbons (Fsp3) is 0.0800. The van der Waals surface area contributed by atoms with Crippen LogP contribution in [-0.4, -0.2) is 35.9 Å². The zero-order valence-corrected chi connectivity index (χ0v) is 19.6. The van der Waals surface area contributed by atoms with E-state index in [0.717, 1.165) is 16.8 Å². The Balaban J connectivity index is 1.38. The molecule has 0 bridgehead atoms. The van der Waals surface area contributed by atoms with Crippen molar-refractivity contribution in [1.82, 2.24) is 25.0 Å². The first-order valence-corrected chi connectivity index (χ1v) is 11.1. The van der Waals surface area contributed by atoms with E-state index in [2.05, 4.69) is 20.3 Å². The molecule has 196 valence electrons. The molecule has 39 heavy (non-hydrogen) atoms. The highest BCUT2D eigenvalue weighted by Crippen LogP contribution is 2.31. The van der Waals surface area contributed by atoms with Crippen LogP contribution >= 0.6 is 0 Å². The molecule has 0 N–H and O–H groups in total. The third kappa shape index (κ3) is 5.49.